The second-order valence-electron chi connectivity index (χ2n) is 13.4. The van der Waals surface area contributed by atoms with E-state index in [1.807, 2.05) is 25.2 Å². The fourth-order valence-corrected chi connectivity index (χ4v) is 9.06. The summed E-state index contributed by atoms with van der Waals surface area (Å²) >= 11 is 6.45. The van der Waals surface area contributed by atoms with Crippen molar-refractivity contribution >= 4 is 38.8 Å². The summed E-state index contributed by atoms with van der Waals surface area (Å²) in [5.41, 5.74) is 3.72. The van der Waals surface area contributed by atoms with Gasteiger partial charge in [-0.1, -0.05) is 29.8 Å². The van der Waals surface area contributed by atoms with E-state index in [0.717, 1.165) is 68.1 Å². The van der Waals surface area contributed by atoms with Crippen LogP contribution in [0, 0.1) is 11.8 Å². The summed E-state index contributed by atoms with van der Waals surface area (Å²) in [6, 6.07) is 11.8. The number of aromatic nitrogens is 3. The molecular formula is C35H42ClN5O4S. The molecule has 5 atom stereocenters. The molecule has 244 valence electrons. The average Bonchev–Trinajstić information content (AvgIpc) is 3.37. The molecule has 7 rings (SSSR count). The molecular weight excluding hydrogens is 622 g/mol. The lowest BCUT2D eigenvalue weighted by Gasteiger charge is -2.46. The van der Waals surface area contributed by atoms with Crippen molar-refractivity contribution in [1.82, 2.24) is 19.5 Å². The number of hydrogen-bond donors (Lipinski definition) is 1. The first-order valence-electron chi connectivity index (χ1n) is 16.3. The number of amides is 1. The fourth-order valence-electron chi connectivity index (χ4n) is 7.68. The molecule has 1 saturated carbocycles. The number of carbonyl (C=O) groups excluding carboxylic acids is 1. The monoisotopic (exact) mass is 663 g/mol. The molecule has 0 radical (unpaired) electrons. The highest BCUT2D eigenvalue weighted by molar-refractivity contribution is 7.99. The molecule has 1 amide bonds. The number of carbonyl (C=O) groups is 1. The van der Waals surface area contributed by atoms with Gasteiger partial charge in [0.2, 0.25) is 0 Å². The normalized spacial score (nSPS) is 30.3. The SMILES string of the molecule is C=S1(=O)CCC/C=C/[C@@H](OCc2ncn(C)n2)[C@@H]2CC[C@H]2CN2C[C@@]3(CCCc4cc(Cl)ccc43)COc3ccc(cc32)C(=O)N1. The van der Waals surface area contributed by atoms with E-state index >= 15 is 0 Å². The van der Waals surface area contributed by atoms with Crippen LogP contribution < -0.4 is 14.4 Å². The van der Waals surface area contributed by atoms with Gasteiger partial charge in [-0.3, -0.25) is 14.2 Å². The lowest BCUT2D eigenvalue weighted by Crippen LogP contribution is -2.49. The molecule has 2 aliphatic carbocycles. The number of hydrogen-bond acceptors (Lipinski definition) is 7. The Morgan fingerprint density at radius 1 is 1.22 bits per heavy atom. The lowest BCUT2D eigenvalue weighted by molar-refractivity contribution is -0.0248. The first-order chi connectivity index (χ1) is 22.2. The van der Waals surface area contributed by atoms with Gasteiger partial charge in [0.25, 0.3) is 5.91 Å². The van der Waals surface area contributed by atoms with Crippen LogP contribution in [0.15, 0.2) is 54.9 Å². The third-order valence-electron chi connectivity index (χ3n) is 10.2. The van der Waals surface area contributed by atoms with Crippen molar-refractivity contribution in [2.45, 2.75) is 63.1 Å². The van der Waals surface area contributed by atoms with Crippen LogP contribution in [0.2, 0.25) is 5.02 Å². The van der Waals surface area contributed by atoms with Crippen LogP contribution in [-0.2, 0) is 39.9 Å². The van der Waals surface area contributed by atoms with Crippen molar-refractivity contribution < 1.29 is 18.5 Å². The van der Waals surface area contributed by atoms with Crippen LogP contribution in [0.4, 0.5) is 5.69 Å². The van der Waals surface area contributed by atoms with Gasteiger partial charge in [0, 0.05) is 51.6 Å². The second-order valence-corrected chi connectivity index (χ2v) is 16.1. The fraction of sp³-hybridized carbons (Fsp3) is 0.486. The van der Waals surface area contributed by atoms with Crippen LogP contribution in [0.3, 0.4) is 0 Å². The largest absolute Gasteiger partial charge is 0.490 e. The summed E-state index contributed by atoms with van der Waals surface area (Å²) in [5.74, 6) is 5.92. The zero-order valence-electron chi connectivity index (χ0n) is 26.3. The van der Waals surface area contributed by atoms with Crippen LogP contribution in [0.5, 0.6) is 5.75 Å². The Hall–Kier alpha value is -3.34. The average molecular weight is 664 g/mol. The molecule has 4 aliphatic rings. The smallest absolute Gasteiger partial charge is 0.262 e. The van der Waals surface area contributed by atoms with Crippen molar-refractivity contribution in [1.29, 1.82) is 0 Å². The molecule has 3 heterocycles. The van der Waals surface area contributed by atoms with Crippen molar-refractivity contribution in [3.63, 3.8) is 0 Å². The molecule has 9 nitrogen and oxygen atoms in total. The van der Waals surface area contributed by atoms with Gasteiger partial charge in [-0.25, -0.2) is 9.19 Å². The van der Waals surface area contributed by atoms with E-state index in [0.29, 0.717) is 48.6 Å². The maximum absolute atomic E-state index is 13.4. The number of ether oxygens (including phenoxy) is 2. The Kier molecular flexibility index (Phi) is 8.63. The number of benzene rings is 2. The van der Waals surface area contributed by atoms with E-state index in [1.165, 1.54) is 11.1 Å². The quantitative estimate of drug-likeness (QED) is 0.301. The van der Waals surface area contributed by atoms with Crippen LogP contribution >= 0.6 is 11.6 Å². The molecule has 1 fully saturated rings. The Morgan fingerprint density at radius 2 is 2.11 bits per heavy atom. The van der Waals surface area contributed by atoms with Gasteiger partial charge >= 0.3 is 0 Å². The summed E-state index contributed by atoms with van der Waals surface area (Å²) < 4.78 is 30.9. The summed E-state index contributed by atoms with van der Waals surface area (Å²) in [5, 5.41) is 5.17. The number of nitrogens with one attached hydrogen (secondary N) is 1. The zero-order valence-corrected chi connectivity index (χ0v) is 27.9. The van der Waals surface area contributed by atoms with Gasteiger partial charge in [0.05, 0.1) is 18.4 Å². The summed E-state index contributed by atoms with van der Waals surface area (Å²) in [6.07, 6.45) is 12.4. The van der Waals surface area contributed by atoms with Gasteiger partial charge < -0.3 is 14.4 Å². The molecule has 46 heavy (non-hydrogen) atoms. The maximum Gasteiger partial charge on any atom is 0.262 e. The van der Waals surface area contributed by atoms with Gasteiger partial charge in [-0.05, 0) is 104 Å². The van der Waals surface area contributed by atoms with Gasteiger partial charge in [-0.2, -0.15) is 5.10 Å². The number of fused-ring (bicyclic) bond motifs is 4. The topological polar surface area (TPSA) is 98.6 Å². The van der Waals surface area contributed by atoms with E-state index in [1.54, 1.807) is 17.1 Å². The molecule has 1 N–H and O–H groups in total. The number of nitrogens with zero attached hydrogens (tertiary/aromatic N) is 4. The Balaban J connectivity index is 1.25. The summed E-state index contributed by atoms with van der Waals surface area (Å²) in [6.45, 7) is 2.44. The third-order valence-corrected chi connectivity index (χ3v) is 11.9. The predicted octanol–water partition coefficient (Wildman–Crippen LogP) is 5.26. The second kappa shape index (κ2) is 12.7. The molecule has 1 aromatic heterocycles. The lowest BCUT2D eigenvalue weighted by atomic mass is 9.68. The first-order valence-corrected chi connectivity index (χ1v) is 18.6. The van der Waals surface area contributed by atoms with Gasteiger partial charge in [0.1, 0.15) is 18.7 Å². The summed E-state index contributed by atoms with van der Waals surface area (Å²) in [4.78, 5) is 20.2. The minimum atomic E-state index is -2.81. The number of anilines is 1. The number of rotatable bonds is 3. The van der Waals surface area contributed by atoms with Crippen molar-refractivity contribution in [2.75, 3.05) is 30.3 Å². The van der Waals surface area contributed by atoms with E-state index in [4.69, 9.17) is 21.1 Å². The molecule has 2 aromatic carbocycles. The van der Waals surface area contributed by atoms with Crippen molar-refractivity contribution in [3.8, 4) is 5.75 Å². The highest BCUT2D eigenvalue weighted by atomic mass is 35.5. The Labute approximate surface area is 276 Å². The van der Waals surface area contributed by atoms with Crippen molar-refractivity contribution in [2.24, 2.45) is 18.9 Å². The number of allylic oxidation sites excluding steroid dienone is 1. The Morgan fingerprint density at radius 3 is 2.91 bits per heavy atom. The predicted molar refractivity (Wildman–Crippen MR) is 182 cm³/mol. The molecule has 1 spiro atoms. The molecule has 11 heteroatoms. The first kappa shape index (κ1) is 31.3. The number of aryl methyl sites for hydroxylation is 2. The highest BCUT2D eigenvalue weighted by Crippen LogP contribution is 2.47. The van der Waals surface area contributed by atoms with Crippen LogP contribution in [0.25, 0.3) is 0 Å². The van der Waals surface area contributed by atoms with Crippen molar-refractivity contribution in [3.05, 3.63) is 82.4 Å². The Bertz CT molecular complexity index is 1760. The number of halogens is 1. The van der Waals surface area contributed by atoms with Crippen LogP contribution in [-0.4, -0.2) is 62.3 Å². The minimum absolute atomic E-state index is 0.0974. The van der Waals surface area contributed by atoms with Gasteiger partial charge in [-0.15, -0.1) is 0 Å². The van der Waals surface area contributed by atoms with Crippen LogP contribution in [0.1, 0.15) is 65.8 Å². The molecule has 0 saturated heterocycles. The highest BCUT2D eigenvalue weighted by Gasteiger charge is 2.44. The van der Waals surface area contributed by atoms with E-state index in [9.17, 15) is 9.00 Å². The van der Waals surface area contributed by atoms with Gasteiger partial charge in [0.15, 0.2) is 5.82 Å². The molecule has 1 unspecified atom stereocenters. The molecule has 2 aliphatic heterocycles. The minimum Gasteiger partial charge on any atom is -0.490 e. The third kappa shape index (κ3) is 6.44. The van der Waals surface area contributed by atoms with E-state index in [-0.39, 0.29) is 17.4 Å². The van der Waals surface area contributed by atoms with E-state index in [2.05, 4.69) is 49.9 Å². The molecule has 2 bridgehead atoms. The zero-order chi connectivity index (χ0) is 31.9. The standard InChI is InChI=1S/C35H42ClN5O4S/c1-40-23-37-33(38-40)20-44-31-8-4-3-5-16-46(2,43)39-34(42)25-10-14-32-30(18-25)41(19-26-9-12-28(26)31)21-35(22-45-32)15-6-7-24-17-27(36)11-13-29(24)35/h4,8,10-11,13-14,17-18,23,26,28,31H,2-3,5-7,9,12,15-16,19-22H2,1H3,(H,39,42,43)/b8-4+/t26-,28+,31+,35-,46?/m0/s1. The molecule has 3 aromatic rings. The maximum atomic E-state index is 13.4. The van der Waals surface area contributed by atoms with E-state index < -0.39 is 9.71 Å². The summed E-state index contributed by atoms with van der Waals surface area (Å²) in [7, 11) is -0.959.